The van der Waals surface area contributed by atoms with Crippen LogP contribution in [0.5, 0.6) is 0 Å². The Morgan fingerprint density at radius 1 is 1.46 bits per heavy atom. The molecule has 1 N–H and O–H groups in total. The Morgan fingerprint density at radius 2 is 2.27 bits per heavy atom. The fourth-order valence-corrected chi connectivity index (χ4v) is 4.06. The molecular formula is C19H21FN2O4. The zero-order valence-electron chi connectivity index (χ0n) is 14.6. The fourth-order valence-electron chi connectivity index (χ4n) is 4.06. The molecule has 2 saturated heterocycles. The number of carboxylic acid groups (broad SMARTS) is 1. The number of rotatable bonds is 4. The second-order valence-electron chi connectivity index (χ2n) is 7.15. The minimum atomic E-state index is -0.753. The van der Waals surface area contributed by atoms with Crippen molar-refractivity contribution in [3.8, 4) is 11.5 Å². The minimum Gasteiger partial charge on any atom is -0.481 e. The van der Waals surface area contributed by atoms with Crippen molar-refractivity contribution in [3.05, 3.63) is 41.5 Å². The summed E-state index contributed by atoms with van der Waals surface area (Å²) in [5.74, 6) is -0.277. The van der Waals surface area contributed by atoms with Crippen molar-refractivity contribution in [3.63, 3.8) is 0 Å². The van der Waals surface area contributed by atoms with Crippen LogP contribution in [0.15, 0.2) is 28.7 Å². The summed E-state index contributed by atoms with van der Waals surface area (Å²) in [4.78, 5) is 18.4. The van der Waals surface area contributed by atoms with Gasteiger partial charge in [0.25, 0.3) is 0 Å². The molecule has 1 aromatic carbocycles. The highest BCUT2D eigenvalue weighted by atomic mass is 19.1. The van der Waals surface area contributed by atoms with E-state index in [-0.39, 0.29) is 17.6 Å². The summed E-state index contributed by atoms with van der Waals surface area (Å²) in [6, 6.07) is 6.36. The van der Waals surface area contributed by atoms with Crippen LogP contribution in [0, 0.1) is 24.1 Å². The van der Waals surface area contributed by atoms with Gasteiger partial charge >= 0.3 is 5.97 Å². The summed E-state index contributed by atoms with van der Waals surface area (Å²) in [5.41, 5.74) is 0.292. The first kappa shape index (κ1) is 17.2. The number of likely N-dealkylation sites (tertiary alicyclic amines) is 1. The first-order valence-corrected chi connectivity index (χ1v) is 8.74. The molecule has 0 aliphatic carbocycles. The van der Waals surface area contributed by atoms with E-state index in [0.717, 1.165) is 0 Å². The maximum Gasteiger partial charge on any atom is 0.311 e. The average molecular weight is 360 g/mol. The summed E-state index contributed by atoms with van der Waals surface area (Å²) in [6.45, 7) is 4.35. The number of fused-ring (bicyclic) bond motifs is 1. The number of benzene rings is 1. The number of hydrogen-bond acceptors (Lipinski definition) is 5. The zero-order chi connectivity index (χ0) is 18.3. The van der Waals surface area contributed by atoms with E-state index >= 15 is 0 Å². The van der Waals surface area contributed by atoms with Gasteiger partial charge in [0.15, 0.2) is 0 Å². The van der Waals surface area contributed by atoms with E-state index in [4.69, 9.17) is 9.15 Å². The molecule has 0 saturated carbocycles. The van der Waals surface area contributed by atoms with Gasteiger partial charge in [0.2, 0.25) is 5.89 Å². The predicted molar refractivity (Wildman–Crippen MR) is 90.9 cm³/mol. The Morgan fingerprint density at radius 3 is 3.00 bits per heavy atom. The number of aliphatic carboxylic acids is 1. The van der Waals surface area contributed by atoms with E-state index in [0.29, 0.717) is 56.3 Å². The molecule has 6 nitrogen and oxygen atoms in total. The highest BCUT2D eigenvalue weighted by molar-refractivity contribution is 5.76. The first-order valence-electron chi connectivity index (χ1n) is 8.74. The third-order valence-electron chi connectivity index (χ3n) is 5.57. The van der Waals surface area contributed by atoms with Gasteiger partial charge in [-0.15, -0.1) is 0 Å². The van der Waals surface area contributed by atoms with Crippen LogP contribution in [-0.2, 0) is 16.1 Å². The third kappa shape index (κ3) is 2.81. The molecule has 2 aromatic rings. The molecule has 0 bridgehead atoms. The van der Waals surface area contributed by atoms with Gasteiger partial charge < -0.3 is 14.3 Å². The number of aromatic nitrogens is 1. The van der Waals surface area contributed by atoms with Crippen molar-refractivity contribution in [2.24, 2.45) is 11.3 Å². The van der Waals surface area contributed by atoms with E-state index in [1.165, 1.54) is 6.07 Å². The van der Waals surface area contributed by atoms with Crippen LogP contribution in [0.25, 0.3) is 11.5 Å². The lowest BCUT2D eigenvalue weighted by Gasteiger charge is -2.34. The zero-order valence-corrected chi connectivity index (χ0v) is 14.6. The number of hydrogen-bond donors (Lipinski definition) is 1. The van der Waals surface area contributed by atoms with Gasteiger partial charge in [-0.3, -0.25) is 9.69 Å². The number of aryl methyl sites for hydroxylation is 1. The highest BCUT2D eigenvalue weighted by Crippen LogP contribution is 2.43. The highest BCUT2D eigenvalue weighted by Gasteiger charge is 2.53. The molecule has 2 aliphatic heterocycles. The van der Waals surface area contributed by atoms with E-state index in [2.05, 4.69) is 9.88 Å². The summed E-state index contributed by atoms with van der Waals surface area (Å²) in [7, 11) is 0. The van der Waals surface area contributed by atoms with Crippen LogP contribution >= 0.6 is 0 Å². The van der Waals surface area contributed by atoms with Crippen LogP contribution < -0.4 is 0 Å². The molecule has 2 aliphatic rings. The largest absolute Gasteiger partial charge is 0.481 e. The van der Waals surface area contributed by atoms with Gasteiger partial charge in [-0.25, -0.2) is 9.37 Å². The standard InChI is InChI=1S/C19H21FN2O4/c1-12-16(21-17(26-12)14-4-2-3-5-15(14)20)9-22-8-13-10-25-7-6-19(13,11-22)18(23)24/h2-5,13H,6-11H2,1H3,(H,23,24)/t13-,19+/m1/s1. The second kappa shape index (κ2) is 6.48. The second-order valence-corrected chi connectivity index (χ2v) is 7.15. The smallest absolute Gasteiger partial charge is 0.311 e. The van der Waals surface area contributed by atoms with Crippen molar-refractivity contribution in [2.75, 3.05) is 26.3 Å². The van der Waals surface area contributed by atoms with Crippen LogP contribution in [0.3, 0.4) is 0 Å². The SMILES string of the molecule is Cc1oc(-c2ccccc2F)nc1CN1C[C@@H]2COCC[C@]2(C(=O)O)C1. The minimum absolute atomic E-state index is 0.0213. The Hall–Kier alpha value is -2.25. The van der Waals surface area contributed by atoms with Gasteiger partial charge in [-0.2, -0.15) is 0 Å². The molecular weight excluding hydrogens is 339 g/mol. The molecule has 0 spiro atoms. The maximum absolute atomic E-state index is 14.0. The number of halogens is 1. The molecule has 138 valence electrons. The summed E-state index contributed by atoms with van der Waals surface area (Å²) < 4.78 is 25.1. The van der Waals surface area contributed by atoms with Crippen molar-refractivity contribution in [1.82, 2.24) is 9.88 Å². The van der Waals surface area contributed by atoms with Crippen molar-refractivity contribution in [1.29, 1.82) is 0 Å². The molecule has 0 radical (unpaired) electrons. The summed E-state index contributed by atoms with van der Waals surface area (Å²) >= 11 is 0. The van der Waals surface area contributed by atoms with E-state index in [1.807, 2.05) is 0 Å². The Kier molecular flexibility index (Phi) is 4.28. The molecule has 0 amide bonds. The van der Waals surface area contributed by atoms with Crippen LogP contribution in [0.1, 0.15) is 17.9 Å². The molecule has 1 aromatic heterocycles. The lowest BCUT2D eigenvalue weighted by molar-refractivity contribution is -0.157. The average Bonchev–Trinajstić information content (AvgIpc) is 3.17. The van der Waals surface area contributed by atoms with Crippen LogP contribution in [-0.4, -0.2) is 47.3 Å². The van der Waals surface area contributed by atoms with E-state index in [9.17, 15) is 14.3 Å². The Bertz CT molecular complexity index is 837. The van der Waals surface area contributed by atoms with E-state index in [1.54, 1.807) is 25.1 Å². The van der Waals surface area contributed by atoms with E-state index < -0.39 is 11.4 Å². The maximum atomic E-state index is 14.0. The topological polar surface area (TPSA) is 75.8 Å². The van der Waals surface area contributed by atoms with Gasteiger partial charge in [0.05, 0.1) is 23.3 Å². The number of oxazole rings is 1. The quantitative estimate of drug-likeness (QED) is 0.904. The fraction of sp³-hybridized carbons (Fsp3) is 0.474. The molecule has 2 atom stereocenters. The molecule has 4 rings (SSSR count). The Labute approximate surface area is 150 Å². The van der Waals surface area contributed by atoms with Gasteiger partial charge in [-0.1, -0.05) is 12.1 Å². The first-order chi connectivity index (χ1) is 12.5. The summed E-state index contributed by atoms with van der Waals surface area (Å²) in [5, 5.41) is 9.76. The van der Waals surface area contributed by atoms with Gasteiger partial charge in [0, 0.05) is 32.2 Å². The third-order valence-corrected chi connectivity index (χ3v) is 5.57. The van der Waals surface area contributed by atoms with Crippen molar-refractivity contribution < 1.29 is 23.4 Å². The summed E-state index contributed by atoms with van der Waals surface area (Å²) in [6.07, 6.45) is 0.530. The van der Waals surface area contributed by atoms with Crippen molar-refractivity contribution in [2.45, 2.75) is 19.9 Å². The molecule has 0 unspecified atom stereocenters. The van der Waals surface area contributed by atoms with Crippen molar-refractivity contribution >= 4 is 5.97 Å². The lowest BCUT2D eigenvalue weighted by Crippen LogP contribution is -2.44. The monoisotopic (exact) mass is 360 g/mol. The number of ether oxygens (including phenoxy) is 1. The van der Waals surface area contributed by atoms with Gasteiger partial charge in [-0.05, 0) is 25.5 Å². The van der Waals surface area contributed by atoms with Crippen LogP contribution in [0.2, 0.25) is 0 Å². The molecule has 7 heteroatoms. The predicted octanol–water partition coefficient (Wildman–Crippen LogP) is 2.71. The molecule has 2 fully saturated rings. The van der Waals surface area contributed by atoms with Crippen LogP contribution in [0.4, 0.5) is 4.39 Å². The normalized spacial score (nSPS) is 26.0. The molecule has 3 heterocycles. The number of carbonyl (C=O) groups is 1. The lowest BCUT2D eigenvalue weighted by atomic mass is 9.74. The number of carboxylic acids is 1. The Balaban J connectivity index is 1.55. The van der Waals surface area contributed by atoms with Gasteiger partial charge in [0.1, 0.15) is 11.6 Å². The number of nitrogens with zero attached hydrogens (tertiary/aromatic N) is 2. The molecule has 26 heavy (non-hydrogen) atoms.